The number of aryl methyl sites for hydroxylation is 1. The molecule has 0 spiro atoms. The maximum Gasteiger partial charge on any atom is 0.334 e. The molecular formula is C25H19ClO5. The molecule has 0 bridgehead atoms. The Morgan fingerprint density at radius 2 is 1.81 bits per heavy atom. The summed E-state index contributed by atoms with van der Waals surface area (Å²) in [6.07, 6.45) is 1.65. The first kappa shape index (κ1) is 20.7. The van der Waals surface area contributed by atoms with Gasteiger partial charge in [-0.25, -0.2) is 4.79 Å². The van der Waals surface area contributed by atoms with Crippen LogP contribution in [0.4, 0.5) is 0 Å². The molecule has 0 saturated heterocycles. The van der Waals surface area contributed by atoms with Crippen molar-refractivity contribution in [1.82, 2.24) is 0 Å². The Morgan fingerprint density at radius 3 is 2.55 bits per heavy atom. The van der Waals surface area contributed by atoms with Crippen molar-refractivity contribution in [3.63, 3.8) is 0 Å². The highest BCUT2D eigenvalue weighted by Crippen LogP contribution is 2.38. The van der Waals surface area contributed by atoms with Crippen molar-refractivity contribution in [1.29, 1.82) is 0 Å². The lowest BCUT2D eigenvalue weighted by Gasteiger charge is -2.11. The van der Waals surface area contributed by atoms with Crippen molar-refractivity contribution < 1.29 is 23.8 Å². The number of hydrogen-bond donors (Lipinski definition) is 0. The standard InChI is InChI=1S/C25H19ClO5/c1-15-11-19(30-25(28)23(26)17-8-4-3-5-9-17)14-20-22(15)24(27)21(31-20)13-16-7-6-10-18(12-16)29-2/h3-14,23H,1-2H3/b21-13-. The molecule has 1 unspecified atom stereocenters. The molecule has 1 heterocycles. The minimum absolute atomic E-state index is 0.189. The number of allylic oxidation sites excluding steroid dienone is 1. The van der Waals surface area contributed by atoms with Gasteiger partial charge >= 0.3 is 5.97 Å². The van der Waals surface area contributed by atoms with Crippen LogP contribution in [0.1, 0.15) is 32.4 Å². The maximum absolute atomic E-state index is 12.8. The second kappa shape index (κ2) is 8.66. The molecule has 0 N–H and O–H groups in total. The van der Waals surface area contributed by atoms with Gasteiger partial charge in [-0.2, -0.15) is 0 Å². The van der Waals surface area contributed by atoms with Gasteiger partial charge in [-0.15, -0.1) is 11.6 Å². The molecule has 0 saturated carbocycles. The van der Waals surface area contributed by atoms with Crippen molar-refractivity contribution in [2.75, 3.05) is 7.11 Å². The third-order valence-electron chi connectivity index (χ3n) is 4.85. The van der Waals surface area contributed by atoms with Crippen LogP contribution in [-0.2, 0) is 4.79 Å². The monoisotopic (exact) mass is 434 g/mol. The number of benzene rings is 3. The summed E-state index contributed by atoms with van der Waals surface area (Å²) < 4.78 is 16.5. The molecule has 1 aliphatic rings. The van der Waals surface area contributed by atoms with Gasteiger partial charge in [-0.05, 0) is 47.9 Å². The average Bonchev–Trinajstić information content (AvgIpc) is 3.09. The van der Waals surface area contributed by atoms with Crippen LogP contribution in [-0.4, -0.2) is 18.9 Å². The Bertz CT molecular complexity index is 1180. The van der Waals surface area contributed by atoms with Crippen LogP contribution in [0.3, 0.4) is 0 Å². The number of rotatable bonds is 5. The molecule has 3 aromatic carbocycles. The maximum atomic E-state index is 12.8. The Hall–Kier alpha value is -3.57. The first-order chi connectivity index (χ1) is 15.0. The molecule has 1 atom stereocenters. The predicted molar refractivity (Wildman–Crippen MR) is 118 cm³/mol. The summed E-state index contributed by atoms with van der Waals surface area (Å²) in [6.45, 7) is 1.77. The van der Waals surface area contributed by atoms with E-state index in [0.717, 1.165) is 5.56 Å². The van der Waals surface area contributed by atoms with E-state index in [-0.39, 0.29) is 17.3 Å². The predicted octanol–water partition coefficient (Wildman–Crippen LogP) is 5.51. The summed E-state index contributed by atoms with van der Waals surface area (Å²) in [5, 5.41) is -0.944. The smallest absolute Gasteiger partial charge is 0.334 e. The Kier molecular flexibility index (Phi) is 5.78. The third-order valence-corrected chi connectivity index (χ3v) is 5.28. The number of hydrogen-bond acceptors (Lipinski definition) is 5. The number of Topliss-reactive ketones (excluding diaryl/α,β-unsaturated/α-hetero) is 1. The zero-order valence-corrected chi connectivity index (χ0v) is 17.7. The van der Waals surface area contributed by atoms with Gasteiger partial charge in [0.1, 0.15) is 17.2 Å². The van der Waals surface area contributed by atoms with Gasteiger partial charge in [0.05, 0.1) is 12.7 Å². The molecule has 156 valence electrons. The van der Waals surface area contributed by atoms with Crippen molar-refractivity contribution in [3.05, 3.63) is 94.7 Å². The summed E-state index contributed by atoms with van der Waals surface area (Å²) >= 11 is 6.25. The Morgan fingerprint density at radius 1 is 1.03 bits per heavy atom. The van der Waals surface area contributed by atoms with Gasteiger partial charge in [0.15, 0.2) is 11.1 Å². The summed E-state index contributed by atoms with van der Waals surface area (Å²) in [4.78, 5) is 25.3. The van der Waals surface area contributed by atoms with E-state index in [1.165, 1.54) is 6.07 Å². The van der Waals surface area contributed by atoms with Crippen LogP contribution in [0.15, 0.2) is 72.5 Å². The van der Waals surface area contributed by atoms with E-state index in [1.54, 1.807) is 56.5 Å². The van der Waals surface area contributed by atoms with E-state index >= 15 is 0 Å². The second-order valence-corrected chi connectivity index (χ2v) is 7.46. The number of fused-ring (bicyclic) bond motifs is 1. The summed E-state index contributed by atoms with van der Waals surface area (Å²) in [5.74, 6) is 0.633. The van der Waals surface area contributed by atoms with E-state index in [1.807, 2.05) is 24.3 Å². The molecule has 0 aromatic heterocycles. The first-order valence-corrected chi connectivity index (χ1v) is 10.0. The fourth-order valence-electron chi connectivity index (χ4n) is 3.34. The number of ketones is 1. The highest BCUT2D eigenvalue weighted by atomic mass is 35.5. The molecule has 0 amide bonds. The normalized spacial score (nSPS) is 14.7. The molecule has 5 nitrogen and oxygen atoms in total. The van der Waals surface area contributed by atoms with Gasteiger partial charge in [-0.3, -0.25) is 4.79 Å². The largest absolute Gasteiger partial charge is 0.497 e. The van der Waals surface area contributed by atoms with E-state index in [0.29, 0.717) is 28.2 Å². The number of alkyl halides is 1. The van der Waals surface area contributed by atoms with Crippen molar-refractivity contribution >= 4 is 29.4 Å². The highest BCUT2D eigenvalue weighted by molar-refractivity contribution is 6.30. The Balaban J connectivity index is 1.57. The third kappa shape index (κ3) is 4.32. The van der Waals surface area contributed by atoms with Gasteiger partial charge < -0.3 is 14.2 Å². The van der Waals surface area contributed by atoms with Crippen molar-refractivity contribution in [3.8, 4) is 17.2 Å². The highest BCUT2D eigenvalue weighted by Gasteiger charge is 2.31. The number of halogens is 1. The number of carbonyl (C=O) groups excluding carboxylic acids is 2. The average molecular weight is 435 g/mol. The van der Waals surface area contributed by atoms with Gasteiger partial charge in [0, 0.05) is 6.07 Å². The number of esters is 1. The van der Waals surface area contributed by atoms with Crippen LogP contribution in [0, 0.1) is 6.92 Å². The van der Waals surface area contributed by atoms with Crippen LogP contribution < -0.4 is 14.2 Å². The van der Waals surface area contributed by atoms with Gasteiger partial charge in [0.2, 0.25) is 5.78 Å². The summed E-state index contributed by atoms with van der Waals surface area (Å²) in [5.41, 5.74) is 2.50. The molecular weight excluding hydrogens is 416 g/mol. The summed E-state index contributed by atoms with van der Waals surface area (Å²) in [6, 6.07) is 19.4. The lowest BCUT2D eigenvalue weighted by molar-refractivity contribution is -0.134. The van der Waals surface area contributed by atoms with E-state index in [4.69, 9.17) is 25.8 Å². The van der Waals surface area contributed by atoms with Crippen LogP contribution in [0.25, 0.3) is 6.08 Å². The topological polar surface area (TPSA) is 61.8 Å². The SMILES string of the molecule is COc1cccc(/C=C2\Oc3cc(OC(=O)C(Cl)c4ccccc4)cc(C)c3C2=O)c1. The molecule has 4 rings (SSSR count). The van der Waals surface area contributed by atoms with E-state index in [9.17, 15) is 9.59 Å². The molecule has 3 aromatic rings. The van der Waals surface area contributed by atoms with E-state index in [2.05, 4.69) is 0 Å². The molecule has 0 fully saturated rings. The van der Waals surface area contributed by atoms with Crippen LogP contribution in [0.2, 0.25) is 0 Å². The number of carbonyl (C=O) groups is 2. The fourth-order valence-corrected chi connectivity index (χ4v) is 3.54. The van der Waals surface area contributed by atoms with Crippen LogP contribution in [0.5, 0.6) is 17.2 Å². The number of ether oxygens (including phenoxy) is 3. The molecule has 0 aliphatic carbocycles. The minimum Gasteiger partial charge on any atom is -0.497 e. The molecule has 1 aliphatic heterocycles. The zero-order valence-electron chi connectivity index (χ0n) is 16.9. The van der Waals surface area contributed by atoms with Gasteiger partial charge in [0.25, 0.3) is 0 Å². The number of methoxy groups -OCH3 is 1. The quantitative estimate of drug-likeness (QED) is 0.229. The van der Waals surface area contributed by atoms with Gasteiger partial charge in [-0.1, -0.05) is 42.5 Å². The fraction of sp³-hybridized carbons (Fsp3) is 0.120. The molecule has 31 heavy (non-hydrogen) atoms. The second-order valence-electron chi connectivity index (χ2n) is 7.02. The first-order valence-electron chi connectivity index (χ1n) is 9.60. The van der Waals surface area contributed by atoms with Crippen molar-refractivity contribution in [2.24, 2.45) is 0 Å². The lowest BCUT2D eigenvalue weighted by Crippen LogP contribution is -2.14. The molecule has 6 heteroatoms. The van der Waals surface area contributed by atoms with Crippen LogP contribution >= 0.6 is 11.6 Å². The lowest BCUT2D eigenvalue weighted by atomic mass is 10.0. The minimum atomic E-state index is -0.944. The van der Waals surface area contributed by atoms with E-state index < -0.39 is 11.3 Å². The zero-order chi connectivity index (χ0) is 22.0. The Labute approximate surface area is 184 Å². The van der Waals surface area contributed by atoms with Crippen molar-refractivity contribution in [2.45, 2.75) is 12.3 Å². The summed E-state index contributed by atoms with van der Waals surface area (Å²) in [7, 11) is 1.58. The molecule has 0 radical (unpaired) electrons.